The van der Waals surface area contributed by atoms with Crippen molar-refractivity contribution in [1.82, 2.24) is 15.2 Å². The van der Waals surface area contributed by atoms with E-state index in [9.17, 15) is 9.18 Å². The minimum absolute atomic E-state index is 0.0673. The van der Waals surface area contributed by atoms with Gasteiger partial charge >= 0.3 is 0 Å². The van der Waals surface area contributed by atoms with Crippen molar-refractivity contribution in [3.8, 4) is 0 Å². The van der Waals surface area contributed by atoms with Crippen LogP contribution in [-0.4, -0.2) is 27.4 Å². The second kappa shape index (κ2) is 9.20. The van der Waals surface area contributed by atoms with E-state index < -0.39 is 0 Å². The number of hydrogen-bond donors (Lipinski definition) is 2. The van der Waals surface area contributed by atoms with Gasteiger partial charge in [0.2, 0.25) is 5.91 Å². The van der Waals surface area contributed by atoms with Crippen LogP contribution in [0.3, 0.4) is 0 Å². The molecule has 1 aromatic carbocycles. The predicted octanol–water partition coefficient (Wildman–Crippen LogP) is 5.05. The van der Waals surface area contributed by atoms with Crippen molar-refractivity contribution >= 4 is 56.2 Å². The number of carbonyl (C=O) groups excluding carboxylic acids is 1. The van der Waals surface area contributed by atoms with Gasteiger partial charge in [-0.15, -0.1) is 11.3 Å². The fourth-order valence-corrected chi connectivity index (χ4v) is 5.33. The molecule has 4 rings (SSSR count). The van der Waals surface area contributed by atoms with Crippen molar-refractivity contribution in [2.75, 3.05) is 11.9 Å². The molecule has 154 valence electrons. The largest absolute Gasteiger partial charge is 0.352 e. The summed E-state index contributed by atoms with van der Waals surface area (Å²) in [7, 11) is 0. The number of nitrogens with zero attached hydrogens (tertiary/aromatic N) is 2. The van der Waals surface area contributed by atoms with Crippen molar-refractivity contribution < 1.29 is 9.18 Å². The van der Waals surface area contributed by atoms with Gasteiger partial charge in [0.1, 0.15) is 5.82 Å². The van der Waals surface area contributed by atoms with Gasteiger partial charge in [0.05, 0.1) is 21.6 Å². The summed E-state index contributed by atoms with van der Waals surface area (Å²) in [6.45, 7) is 0.447. The molecule has 2 atom stereocenters. The van der Waals surface area contributed by atoms with Crippen LogP contribution in [0.2, 0.25) is 0 Å². The lowest BCUT2D eigenvalue weighted by Gasteiger charge is -2.26. The number of amides is 1. The van der Waals surface area contributed by atoms with Crippen molar-refractivity contribution in [3.05, 3.63) is 81.0 Å². The van der Waals surface area contributed by atoms with Gasteiger partial charge in [-0.1, -0.05) is 6.07 Å². The second-order valence-corrected chi connectivity index (χ2v) is 9.65. The molecule has 3 aromatic rings. The highest BCUT2D eigenvalue weighted by Crippen LogP contribution is 2.42. The van der Waals surface area contributed by atoms with Crippen molar-refractivity contribution in [2.24, 2.45) is 0 Å². The molecule has 0 radical (unpaired) electrons. The summed E-state index contributed by atoms with van der Waals surface area (Å²) in [6.07, 6.45) is 2.01. The fraction of sp³-hybridized carbons (Fsp3) is 0.190. The summed E-state index contributed by atoms with van der Waals surface area (Å²) < 4.78 is 14.1. The molecule has 1 aliphatic heterocycles. The number of anilines is 1. The minimum atomic E-state index is -0.341. The zero-order valence-corrected chi connectivity index (χ0v) is 18.9. The molecule has 0 saturated carbocycles. The van der Waals surface area contributed by atoms with Gasteiger partial charge in [-0.25, -0.2) is 4.39 Å². The number of aromatic nitrogens is 1. The highest BCUT2D eigenvalue weighted by molar-refractivity contribution is 9.11. The molecule has 30 heavy (non-hydrogen) atoms. The molecular weight excluding hydrogens is 487 g/mol. The SMILES string of the molecule is O=C(CCN1C(=S)N[C@@H](c2ccccn2)[C@H]1c1ccc(Br)s1)Nc1ccc(F)cc1. The number of nitrogens with one attached hydrogen (secondary N) is 2. The monoisotopic (exact) mass is 504 g/mol. The number of pyridine rings is 1. The van der Waals surface area contributed by atoms with Crippen LogP contribution >= 0.6 is 39.5 Å². The molecule has 0 aliphatic carbocycles. The fourth-order valence-electron chi connectivity index (χ4n) is 3.42. The van der Waals surface area contributed by atoms with Crippen molar-refractivity contribution in [1.29, 1.82) is 0 Å². The number of benzene rings is 1. The highest BCUT2D eigenvalue weighted by Gasteiger charge is 2.40. The molecule has 5 nitrogen and oxygen atoms in total. The maximum absolute atomic E-state index is 13.1. The molecule has 0 bridgehead atoms. The summed E-state index contributed by atoms with van der Waals surface area (Å²) in [5.41, 5.74) is 1.46. The smallest absolute Gasteiger partial charge is 0.226 e. The number of hydrogen-bond acceptors (Lipinski definition) is 4. The zero-order valence-electron chi connectivity index (χ0n) is 15.7. The third-order valence-corrected chi connectivity index (χ3v) is 6.84. The van der Waals surface area contributed by atoms with Gasteiger partial charge < -0.3 is 15.5 Å². The Kier molecular flexibility index (Phi) is 6.40. The lowest BCUT2D eigenvalue weighted by molar-refractivity contribution is -0.116. The Hall–Kier alpha value is -2.36. The molecule has 0 unspecified atom stereocenters. The summed E-state index contributed by atoms with van der Waals surface area (Å²) in [5.74, 6) is -0.496. The number of rotatable bonds is 6. The maximum atomic E-state index is 13.1. The van der Waals surface area contributed by atoms with E-state index >= 15 is 0 Å². The third kappa shape index (κ3) is 4.69. The van der Waals surface area contributed by atoms with Crippen LogP contribution < -0.4 is 10.6 Å². The zero-order chi connectivity index (χ0) is 21.1. The Balaban J connectivity index is 1.51. The summed E-state index contributed by atoms with van der Waals surface area (Å²) >= 11 is 10.8. The van der Waals surface area contributed by atoms with E-state index in [4.69, 9.17) is 12.2 Å². The molecule has 1 aliphatic rings. The van der Waals surface area contributed by atoms with Crippen LogP contribution in [0.4, 0.5) is 10.1 Å². The molecule has 1 fully saturated rings. The van der Waals surface area contributed by atoms with Gasteiger partial charge in [-0.2, -0.15) is 0 Å². The Morgan fingerprint density at radius 3 is 2.70 bits per heavy atom. The first-order valence-electron chi connectivity index (χ1n) is 9.30. The van der Waals surface area contributed by atoms with Crippen LogP contribution in [0.1, 0.15) is 29.1 Å². The lowest BCUT2D eigenvalue weighted by atomic mass is 10.0. The molecule has 2 N–H and O–H groups in total. The van der Waals surface area contributed by atoms with E-state index in [1.165, 1.54) is 12.1 Å². The van der Waals surface area contributed by atoms with Gasteiger partial charge in [0, 0.05) is 29.7 Å². The molecule has 0 spiro atoms. The Morgan fingerprint density at radius 1 is 1.23 bits per heavy atom. The van der Waals surface area contributed by atoms with E-state index in [0.29, 0.717) is 17.3 Å². The van der Waals surface area contributed by atoms with E-state index in [1.54, 1.807) is 29.7 Å². The van der Waals surface area contributed by atoms with Crippen LogP contribution in [0.15, 0.2) is 64.6 Å². The normalized spacial score (nSPS) is 18.3. The first-order valence-corrected chi connectivity index (χ1v) is 11.3. The molecule has 2 aromatic heterocycles. The number of halogens is 2. The van der Waals surface area contributed by atoms with Gasteiger partial charge in [-0.3, -0.25) is 9.78 Å². The van der Waals surface area contributed by atoms with Gasteiger partial charge in [-0.05, 0) is 76.7 Å². The Morgan fingerprint density at radius 2 is 2.03 bits per heavy atom. The summed E-state index contributed by atoms with van der Waals surface area (Å²) in [6, 6.07) is 15.4. The van der Waals surface area contributed by atoms with Gasteiger partial charge in [0.15, 0.2) is 5.11 Å². The molecular formula is C21H18BrFN4OS2. The van der Waals surface area contributed by atoms with Crippen LogP contribution in [-0.2, 0) is 4.79 Å². The maximum Gasteiger partial charge on any atom is 0.226 e. The minimum Gasteiger partial charge on any atom is -0.352 e. The van der Waals surface area contributed by atoms with Crippen LogP contribution in [0.25, 0.3) is 0 Å². The topological polar surface area (TPSA) is 57.3 Å². The average molecular weight is 505 g/mol. The van der Waals surface area contributed by atoms with Gasteiger partial charge in [0.25, 0.3) is 0 Å². The van der Waals surface area contributed by atoms with E-state index in [1.807, 2.05) is 29.2 Å². The molecule has 1 amide bonds. The first-order chi connectivity index (χ1) is 14.5. The quantitative estimate of drug-likeness (QED) is 0.460. The van der Waals surface area contributed by atoms with E-state index in [2.05, 4.69) is 37.6 Å². The molecule has 1 saturated heterocycles. The molecule has 9 heteroatoms. The van der Waals surface area contributed by atoms with Crippen molar-refractivity contribution in [3.63, 3.8) is 0 Å². The number of carbonyl (C=O) groups is 1. The second-order valence-electron chi connectivity index (χ2n) is 6.77. The Labute approximate surface area is 191 Å². The molecule has 3 heterocycles. The lowest BCUT2D eigenvalue weighted by Crippen LogP contribution is -2.32. The summed E-state index contributed by atoms with van der Waals surface area (Å²) in [4.78, 5) is 20.1. The standard InChI is InChI=1S/C21H18BrFN4OS2/c22-17-9-8-16(30-17)20-19(15-3-1-2-11-24-15)26-21(29)27(20)12-10-18(28)25-14-6-4-13(23)5-7-14/h1-9,11,19-20H,10,12H2,(H,25,28)(H,26,29)/t19-,20+/m0/s1. The van der Waals surface area contributed by atoms with Crippen molar-refractivity contribution in [2.45, 2.75) is 18.5 Å². The highest BCUT2D eigenvalue weighted by atomic mass is 79.9. The number of thiophene rings is 1. The summed E-state index contributed by atoms with van der Waals surface area (Å²) in [5, 5.41) is 6.76. The van der Waals surface area contributed by atoms with Crippen LogP contribution in [0.5, 0.6) is 0 Å². The van der Waals surface area contributed by atoms with E-state index in [-0.39, 0.29) is 30.2 Å². The predicted molar refractivity (Wildman–Crippen MR) is 124 cm³/mol. The third-order valence-electron chi connectivity index (χ3n) is 4.79. The van der Waals surface area contributed by atoms with E-state index in [0.717, 1.165) is 14.4 Å². The Bertz CT molecular complexity index is 1040. The first kappa shape index (κ1) is 20.9. The average Bonchev–Trinajstić information content (AvgIpc) is 3.31. The number of thiocarbonyl (C=S) groups is 1. The van der Waals surface area contributed by atoms with Crippen LogP contribution in [0, 0.1) is 5.82 Å².